The first-order chi connectivity index (χ1) is 9.27. The second-order valence-corrected chi connectivity index (χ2v) is 4.17. The van der Waals surface area contributed by atoms with E-state index < -0.39 is 12.0 Å². The molecule has 1 aromatic carbocycles. The molecule has 0 amide bonds. The molecule has 1 aliphatic heterocycles. The Hall–Kier alpha value is -2.69. The zero-order valence-corrected chi connectivity index (χ0v) is 9.95. The van der Waals surface area contributed by atoms with E-state index in [0.717, 1.165) is 5.56 Å². The van der Waals surface area contributed by atoms with Crippen LogP contribution < -0.4 is 5.43 Å². The maximum Gasteiger partial charge on any atom is 0.332 e. The molecule has 0 aliphatic carbocycles. The lowest BCUT2D eigenvalue weighted by molar-refractivity contribution is -0.139. The predicted octanol–water partition coefficient (Wildman–Crippen LogP) is 1.56. The molecule has 1 unspecified atom stereocenters. The number of hydrazone groups is 1. The van der Waals surface area contributed by atoms with Gasteiger partial charge in [-0.1, -0.05) is 36.4 Å². The fourth-order valence-corrected chi connectivity index (χ4v) is 2.09. The Morgan fingerprint density at radius 2 is 1.95 bits per heavy atom. The molecule has 19 heavy (non-hydrogen) atoms. The molecule has 0 saturated carbocycles. The Kier molecular flexibility index (Phi) is 2.72. The number of hydrogen-bond acceptors (Lipinski definition) is 4. The topological polar surface area (TPSA) is 74.6 Å². The van der Waals surface area contributed by atoms with Gasteiger partial charge in [0.1, 0.15) is 5.71 Å². The fourth-order valence-electron chi connectivity index (χ4n) is 2.09. The Bertz CT molecular complexity index is 653. The number of benzene rings is 1. The highest BCUT2D eigenvalue weighted by Crippen LogP contribution is 2.23. The minimum atomic E-state index is -0.967. The van der Waals surface area contributed by atoms with Crippen LogP contribution in [0.4, 0.5) is 0 Å². The summed E-state index contributed by atoms with van der Waals surface area (Å²) in [4.78, 5) is 15.5. The molecule has 0 saturated heterocycles. The third-order valence-electron chi connectivity index (χ3n) is 2.97. The summed E-state index contributed by atoms with van der Waals surface area (Å²) in [7, 11) is 0. The Labute approximate surface area is 109 Å². The second kappa shape index (κ2) is 4.53. The number of rotatable bonds is 2. The highest BCUT2D eigenvalue weighted by molar-refractivity contribution is 6.13. The number of hydrogen-bond donors (Lipinski definition) is 2. The smallest absolute Gasteiger partial charge is 0.332 e. The molecule has 1 atom stereocenters. The van der Waals surface area contributed by atoms with Crippen molar-refractivity contribution in [1.82, 2.24) is 10.4 Å². The molecule has 0 spiro atoms. The normalized spacial score (nSPS) is 17.1. The maximum atomic E-state index is 11.2. The Morgan fingerprint density at radius 1 is 1.16 bits per heavy atom. The summed E-state index contributed by atoms with van der Waals surface area (Å²) in [6, 6.07) is 12.2. The van der Waals surface area contributed by atoms with Crippen LogP contribution in [-0.4, -0.2) is 21.8 Å². The van der Waals surface area contributed by atoms with Gasteiger partial charge in [0.05, 0.1) is 5.69 Å². The van der Waals surface area contributed by atoms with E-state index in [-0.39, 0.29) is 0 Å². The van der Waals surface area contributed by atoms with Crippen molar-refractivity contribution in [2.45, 2.75) is 6.04 Å². The van der Waals surface area contributed by atoms with Crippen LogP contribution in [0.1, 0.15) is 22.9 Å². The van der Waals surface area contributed by atoms with E-state index in [1.807, 2.05) is 30.3 Å². The molecule has 0 radical (unpaired) electrons. The number of carboxylic acid groups (broad SMARTS) is 1. The highest BCUT2D eigenvalue weighted by Gasteiger charge is 2.29. The zero-order valence-electron chi connectivity index (χ0n) is 9.95. The van der Waals surface area contributed by atoms with Crippen molar-refractivity contribution in [3.05, 3.63) is 65.5 Å². The third kappa shape index (κ3) is 1.95. The minimum absolute atomic E-state index is 0.611. The summed E-state index contributed by atoms with van der Waals surface area (Å²) in [6.45, 7) is 0. The Morgan fingerprint density at radius 3 is 2.68 bits per heavy atom. The summed E-state index contributed by atoms with van der Waals surface area (Å²) in [5.41, 5.74) is 5.47. The average molecular weight is 253 g/mol. The van der Waals surface area contributed by atoms with Gasteiger partial charge in [-0.3, -0.25) is 10.4 Å². The van der Waals surface area contributed by atoms with Gasteiger partial charge in [0.2, 0.25) is 0 Å². The standard InChI is InChI=1S/C14H11N3O2/c18-14(19)13-10-7-4-8-15-12(10)11(16-17-13)9-5-2-1-3-6-9/h1-8,13,17H,(H,18,19). The first-order valence-electron chi connectivity index (χ1n) is 5.84. The summed E-state index contributed by atoms with van der Waals surface area (Å²) < 4.78 is 0. The van der Waals surface area contributed by atoms with Crippen LogP contribution in [0, 0.1) is 0 Å². The first-order valence-corrected chi connectivity index (χ1v) is 5.84. The van der Waals surface area contributed by atoms with E-state index in [4.69, 9.17) is 0 Å². The summed E-state index contributed by atoms with van der Waals surface area (Å²) in [6.07, 6.45) is 1.64. The number of aromatic nitrogens is 1. The van der Waals surface area contributed by atoms with Crippen LogP contribution in [0.5, 0.6) is 0 Å². The van der Waals surface area contributed by atoms with Gasteiger partial charge in [-0.2, -0.15) is 5.10 Å². The van der Waals surface area contributed by atoms with E-state index in [1.165, 1.54) is 0 Å². The molecule has 2 aromatic rings. The molecule has 94 valence electrons. The van der Waals surface area contributed by atoms with Gasteiger partial charge >= 0.3 is 5.97 Å². The molecule has 0 bridgehead atoms. The molecule has 5 nitrogen and oxygen atoms in total. The van der Waals surface area contributed by atoms with Crippen molar-refractivity contribution in [2.75, 3.05) is 0 Å². The number of carboxylic acids is 1. The van der Waals surface area contributed by atoms with Crippen molar-refractivity contribution >= 4 is 11.7 Å². The molecule has 2 N–H and O–H groups in total. The van der Waals surface area contributed by atoms with Gasteiger partial charge in [0.25, 0.3) is 0 Å². The predicted molar refractivity (Wildman–Crippen MR) is 69.8 cm³/mol. The Balaban J connectivity index is 2.13. The lowest BCUT2D eigenvalue weighted by Gasteiger charge is -2.22. The summed E-state index contributed by atoms with van der Waals surface area (Å²) in [5.74, 6) is -0.967. The molecule has 3 rings (SSSR count). The van der Waals surface area contributed by atoms with Crippen molar-refractivity contribution < 1.29 is 9.90 Å². The van der Waals surface area contributed by atoms with Crippen LogP contribution in [0.15, 0.2) is 53.8 Å². The number of nitrogens with zero attached hydrogens (tertiary/aromatic N) is 2. The second-order valence-electron chi connectivity index (χ2n) is 4.17. The van der Waals surface area contributed by atoms with E-state index >= 15 is 0 Å². The number of aliphatic carboxylic acids is 1. The number of pyridine rings is 1. The molecular formula is C14H11N3O2. The van der Waals surface area contributed by atoms with Gasteiger partial charge in [-0.25, -0.2) is 4.79 Å². The van der Waals surface area contributed by atoms with E-state index in [9.17, 15) is 9.90 Å². The van der Waals surface area contributed by atoms with Crippen LogP contribution >= 0.6 is 0 Å². The van der Waals surface area contributed by atoms with Crippen molar-refractivity contribution in [3.63, 3.8) is 0 Å². The third-order valence-corrected chi connectivity index (χ3v) is 2.97. The van der Waals surface area contributed by atoms with Crippen molar-refractivity contribution in [1.29, 1.82) is 0 Å². The molecule has 5 heteroatoms. The van der Waals surface area contributed by atoms with Crippen LogP contribution in [0.2, 0.25) is 0 Å². The molecule has 1 aliphatic rings. The van der Waals surface area contributed by atoms with E-state index in [1.54, 1.807) is 18.3 Å². The quantitative estimate of drug-likeness (QED) is 0.851. The van der Waals surface area contributed by atoms with Crippen LogP contribution in [0.25, 0.3) is 0 Å². The van der Waals surface area contributed by atoms with Crippen molar-refractivity contribution in [2.24, 2.45) is 5.10 Å². The lowest BCUT2D eigenvalue weighted by Crippen LogP contribution is -2.32. The first kappa shape index (κ1) is 11.4. The fraction of sp³-hybridized carbons (Fsp3) is 0.0714. The number of nitrogens with one attached hydrogen (secondary N) is 1. The zero-order chi connectivity index (χ0) is 13.2. The van der Waals surface area contributed by atoms with Gasteiger partial charge in [0.15, 0.2) is 6.04 Å². The SMILES string of the molecule is O=C(O)C1NN=C(c2ccccc2)c2ncccc21. The molecule has 2 heterocycles. The van der Waals surface area contributed by atoms with Gasteiger partial charge in [-0.15, -0.1) is 0 Å². The number of carbonyl (C=O) groups is 1. The van der Waals surface area contributed by atoms with E-state index in [0.29, 0.717) is 17.0 Å². The van der Waals surface area contributed by atoms with Crippen LogP contribution in [-0.2, 0) is 4.79 Å². The van der Waals surface area contributed by atoms with Crippen molar-refractivity contribution in [3.8, 4) is 0 Å². The molecular weight excluding hydrogens is 242 g/mol. The summed E-state index contributed by atoms with van der Waals surface area (Å²) >= 11 is 0. The average Bonchev–Trinajstić information content (AvgIpc) is 2.47. The number of fused-ring (bicyclic) bond motifs is 1. The summed E-state index contributed by atoms with van der Waals surface area (Å²) in [5, 5.41) is 13.3. The molecule has 1 aromatic heterocycles. The van der Waals surface area contributed by atoms with Crippen LogP contribution in [0.3, 0.4) is 0 Å². The maximum absolute atomic E-state index is 11.2. The van der Waals surface area contributed by atoms with Gasteiger partial charge in [0, 0.05) is 17.3 Å². The minimum Gasteiger partial charge on any atom is -0.479 e. The molecule has 0 fully saturated rings. The lowest BCUT2D eigenvalue weighted by atomic mass is 9.97. The van der Waals surface area contributed by atoms with E-state index in [2.05, 4.69) is 15.5 Å². The largest absolute Gasteiger partial charge is 0.479 e. The van der Waals surface area contributed by atoms with Gasteiger partial charge < -0.3 is 5.11 Å². The van der Waals surface area contributed by atoms with Gasteiger partial charge in [-0.05, 0) is 6.07 Å². The highest BCUT2D eigenvalue weighted by atomic mass is 16.4. The monoisotopic (exact) mass is 253 g/mol.